The summed E-state index contributed by atoms with van der Waals surface area (Å²) in [6.45, 7) is 2.46. The molecule has 0 atom stereocenters. The van der Waals surface area contributed by atoms with E-state index in [1.54, 1.807) is 24.5 Å². The molecule has 1 aromatic rings. The predicted molar refractivity (Wildman–Crippen MR) is 87.9 cm³/mol. The van der Waals surface area contributed by atoms with Gasteiger partial charge < -0.3 is 9.80 Å². The number of nitrogens with zero attached hydrogens (tertiary/aromatic N) is 3. The third-order valence-corrected chi connectivity index (χ3v) is 4.61. The maximum absolute atomic E-state index is 12.4. The van der Waals surface area contributed by atoms with Gasteiger partial charge in [-0.2, -0.15) is 0 Å². The van der Waals surface area contributed by atoms with Crippen LogP contribution in [0.3, 0.4) is 0 Å². The topological polar surface area (TPSA) is 53.5 Å². The molecule has 0 radical (unpaired) electrons. The van der Waals surface area contributed by atoms with Crippen LogP contribution in [-0.2, 0) is 4.79 Å². The second kappa shape index (κ2) is 7.40. The summed E-state index contributed by atoms with van der Waals surface area (Å²) in [6, 6.07) is 3.46. The van der Waals surface area contributed by atoms with Gasteiger partial charge in [-0.3, -0.25) is 14.6 Å². The highest BCUT2D eigenvalue weighted by Gasteiger charge is 2.25. The van der Waals surface area contributed by atoms with Crippen LogP contribution in [0.1, 0.15) is 42.5 Å². The van der Waals surface area contributed by atoms with Gasteiger partial charge in [-0.1, -0.05) is 11.6 Å². The minimum atomic E-state index is 0.0227. The van der Waals surface area contributed by atoms with Gasteiger partial charge in [-0.05, 0) is 37.8 Å². The van der Waals surface area contributed by atoms with E-state index in [-0.39, 0.29) is 11.8 Å². The number of piperazine rings is 1. The molecule has 0 unspecified atom stereocenters. The zero-order valence-corrected chi connectivity index (χ0v) is 13.4. The molecule has 0 aromatic carbocycles. The molecule has 0 saturated carbocycles. The van der Waals surface area contributed by atoms with Crippen molar-refractivity contribution in [2.24, 2.45) is 0 Å². The van der Waals surface area contributed by atoms with Crippen LogP contribution in [0.4, 0.5) is 0 Å². The van der Waals surface area contributed by atoms with E-state index in [2.05, 4.69) is 11.1 Å². The zero-order chi connectivity index (χ0) is 16.1. The number of hydrogen-bond donors (Lipinski definition) is 0. The highest BCUT2D eigenvalue weighted by Crippen LogP contribution is 2.21. The van der Waals surface area contributed by atoms with E-state index >= 15 is 0 Å². The Balaban J connectivity index is 1.51. The fraction of sp³-hybridized carbons (Fsp3) is 0.500. The quantitative estimate of drug-likeness (QED) is 0.804. The summed E-state index contributed by atoms with van der Waals surface area (Å²) >= 11 is 0. The Morgan fingerprint density at radius 1 is 1.00 bits per heavy atom. The first-order valence-corrected chi connectivity index (χ1v) is 8.39. The number of carbonyl (C=O) groups excluding carboxylic acids is 2. The van der Waals surface area contributed by atoms with Crippen LogP contribution in [0.5, 0.6) is 0 Å². The first-order valence-electron chi connectivity index (χ1n) is 8.39. The number of amides is 2. The van der Waals surface area contributed by atoms with Crippen molar-refractivity contribution in [1.29, 1.82) is 0 Å². The molecular formula is C18H23N3O2. The van der Waals surface area contributed by atoms with E-state index in [1.165, 1.54) is 18.4 Å². The second-order valence-corrected chi connectivity index (χ2v) is 6.19. The van der Waals surface area contributed by atoms with Gasteiger partial charge in [0.2, 0.25) is 5.91 Å². The maximum Gasteiger partial charge on any atom is 0.254 e. The summed E-state index contributed by atoms with van der Waals surface area (Å²) < 4.78 is 0. The van der Waals surface area contributed by atoms with Crippen LogP contribution in [0, 0.1) is 0 Å². The minimum Gasteiger partial charge on any atom is -0.339 e. The Labute approximate surface area is 137 Å². The van der Waals surface area contributed by atoms with Gasteiger partial charge in [0.15, 0.2) is 0 Å². The Hall–Kier alpha value is -2.17. The Bertz CT molecular complexity index is 590. The van der Waals surface area contributed by atoms with Gasteiger partial charge in [-0.25, -0.2) is 0 Å². The van der Waals surface area contributed by atoms with Crippen molar-refractivity contribution in [2.45, 2.75) is 32.1 Å². The third-order valence-electron chi connectivity index (χ3n) is 4.61. The second-order valence-electron chi connectivity index (χ2n) is 6.19. The normalized spacial score (nSPS) is 18.5. The molecule has 1 aromatic heterocycles. The van der Waals surface area contributed by atoms with Gasteiger partial charge in [0.25, 0.3) is 5.91 Å². The van der Waals surface area contributed by atoms with Gasteiger partial charge in [0, 0.05) is 50.6 Å². The van der Waals surface area contributed by atoms with Crippen molar-refractivity contribution in [2.75, 3.05) is 26.2 Å². The summed E-state index contributed by atoms with van der Waals surface area (Å²) in [7, 11) is 0. The molecule has 122 valence electrons. The van der Waals surface area contributed by atoms with Crippen LogP contribution in [-0.4, -0.2) is 52.8 Å². The van der Waals surface area contributed by atoms with E-state index < -0.39 is 0 Å². The molecule has 23 heavy (non-hydrogen) atoms. The zero-order valence-electron chi connectivity index (χ0n) is 13.4. The van der Waals surface area contributed by atoms with E-state index in [0.717, 1.165) is 12.8 Å². The lowest BCUT2D eigenvalue weighted by Gasteiger charge is -2.35. The summed E-state index contributed by atoms with van der Waals surface area (Å²) in [4.78, 5) is 32.4. The summed E-state index contributed by atoms with van der Waals surface area (Å²) in [5.41, 5.74) is 1.95. The monoisotopic (exact) mass is 313 g/mol. The Morgan fingerprint density at radius 3 is 2.35 bits per heavy atom. The molecule has 3 rings (SSSR count). The standard InChI is InChI=1S/C18H23N3O2/c22-17(14-15-4-2-1-3-5-15)20-10-12-21(13-11-20)18(23)16-6-8-19-9-7-16/h4,6-9H,1-3,5,10-14H2. The number of hydrogen-bond acceptors (Lipinski definition) is 3. The number of aromatic nitrogens is 1. The smallest absolute Gasteiger partial charge is 0.254 e. The van der Waals surface area contributed by atoms with Crippen LogP contribution in [0.25, 0.3) is 0 Å². The first-order chi connectivity index (χ1) is 11.2. The van der Waals surface area contributed by atoms with Crippen LogP contribution in [0.2, 0.25) is 0 Å². The van der Waals surface area contributed by atoms with E-state index in [4.69, 9.17) is 0 Å². The number of allylic oxidation sites excluding steroid dienone is 1. The summed E-state index contributed by atoms with van der Waals surface area (Å²) in [5.74, 6) is 0.226. The van der Waals surface area contributed by atoms with Crippen molar-refractivity contribution in [1.82, 2.24) is 14.8 Å². The third kappa shape index (κ3) is 3.97. The van der Waals surface area contributed by atoms with Crippen LogP contribution < -0.4 is 0 Å². The number of rotatable bonds is 3. The average Bonchev–Trinajstić information content (AvgIpc) is 2.63. The predicted octanol–water partition coefficient (Wildman–Crippen LogP) is 2.26. The molecule has 2 aliphatic rings. The summed E-state index contributed by atoms with van der Waals surface area (Å²) in [6.07, 6.45) is 10.7. The first kappa shape index (κ1) is 15.7. The minimum absolute atomic E-state index is 0.0227. The molecule has 2 amide bonds. The maximum atomic E-state index is 12.4. The Kier molecular flexibility index (Phi) is 5.05. The molecule has 1 aliphatic carbocycles. The van der Waals surface area contributed by atoms with E-state index in [1.807, 2.05) is 9.80 Å². The number of pyridine rings is 1. The average molecular weight is 313 g/mol. The fourth-order valence-electron chi connectivity index (χ4n) is 3.21. The highest BCUT2D eigenvalue weighted by molar-refractivity contribution is 5.94. The van der Waals surface area contributed by atoms with E-state index in [9.17, 15) is 9.59 Å². The van der Waals surface area contributed by atoms with Crippen molar-refractivity contribution < 1.29 is 9.59 Å². The van der Waals surface area contributed by atoms with Crippen LogP contribution >= 0.6 is 0 Å². The molecule has 5 nitrogen and oxygen atoms in total. The van der Waals surface area contributed by atoms with Crippen molar-refractivity contribution >= 4 is 11.8 Å². The fourth-order valence-corrected chi connectivity index (χ4v) is 3.21. The molecule has 1 aliphatic heterocycles. The molecule has 2 heterocycles. The lowest BCUT2D eigenvalue weighted by atomic mass is 9.97. The largest absolute Gasteiger partial charge is 0.339 e. The molecule has 1 saturated heterocycles. The molecule has 1 fully saturated rings. The SMILES string of the molecule is O=C(CC1=CCCCC1)N1CCN(C(=O)c2ccncc2)CC1. The summed E-state index contributed by atoms with van der Waals surface area (Å²) in [5, 5.41) is 0. The van der Waals surface area contributed by atoms with Crippen molar-refractivity contribution in [3.63, 3.8) is 0 Å². The Morgan fingerprint density at radius 2 is 1.70 bits per heavy atom. The molecule has 0 bridgehead atoms. The molecule has 0 spiro atoms. The lowest BCUT2D eigenvalue weighted by molar-refractivity contribution is -0.131. The van der Waals surface area contributed by atoms with Crippen LogP contribution in [0.15, 0.2) is 36.2 Å². The molecule has 0 N–H and O–H groups in total. The molecule has 5 heteroatoms. The lowest BCUT2D eigenvalue weighted by Crippen LogP contribution is -2.50. The van der Waals surface area contributed by atoms with Gasteiger partial charge in [0.1, 0.15) is 0 Å². The van der Waals surface area contributed by atoms with Gasteiger partial charge in [-0.15, -0.1) is 0 Å². The van der Waals surface area contributed by atoms with Crippen molar-refractivity contribution in [3.8, 4) is 0 Å². The van der Waals surface area contributed by atoms with Gasteiger partial charge >= 0.3 is 0 Å². The highest BCUT2D eigenvalue weighted by atomic mass is 16.2. The van der Waals surface area contributed by atoms with E-state index in [0.29, 0.717) is 38.2 Å². The van der Waals surface area contributed by atoms with Gasteiger partial charge in [0.05, 0.1) is 0 Å². The molecular weight excluding hydrogens is 290 g/mol. The van der Waals surface area contributed by atoms with Crippen molar-refractivity contribution in [3.05, 3.63) is 41.7 Å². The number of carbonyl (C=O) groups is 2.